The van der Waals surface area contributed by atoms with Gasteiger partial charge in [-0.3, -0.25) is 4.98 Å². The second kappa shape index (κ2) is 6.09. The van der Waals surface area contributed by atoms with Crippen molar-refractivity contribution in [3.8, 4) is 0 Å². The number of pyridine rings is 1. The second-order valence-electron chi connectivity index (χ2n) is 4.02. The van der Waals surface area contributed by atoms with Gasteiger partial charge in [0.15, 0.2) is 0 Å². The van der Waals surface area contributed by atoms with Gasteiger partial charge in [0, 0.05) is 25.0 Å². The van der Waals surface area contributed by atoms with Gasteiger partial charge in [0.1, 0.15) is 0 Å². The Labute approximate surface area is 97.1 Å². The number of halogens is 1. The molecule has 1 heterocycles. The number of nitrogens with zero attached hydrogens (tertiary/aromatic N) is 1. The molecule has 1 N–H and O–H groups in total. The van der Waals surface area contributed by atoms with Crippen molar-refractivity contribution >= 4 is 11.6 Å². The Kier molecular flexibility index (Phi) is 5.06. The van der Waals surface area contributed by atoms with Crippen LogP contribution in [-0.4, -0.2) is 11.0 Å². The number of aromatic nitrogens is 1. The molecule has 0 aliphatic carbocycles. The number of hydrogen-bond donors (Lipinski definition) is 1. The van der Waals surface area contributed by atoms with Crippen molar-refractivity contribution < 1.29 is 0 Å². The Morgan fingerprint density at radius 3 is 2.80 bits per heavy atom. The topological polar surface area (TPSA) is 24.9 Å². The van der Waals surface area contributed by atoms with Crippen LogP contribution in [0.2, 0.25) is 5.02 Å². The molecule has 0 amide bonds. The van der Waals surface area contributed by atoms with Gasteiger partial charge in [-0.25, -0.2) is 0 Å². The summed E-state index contributed by atoms with van der Waals surface area (Å²) in [6, 6.07) is 2.47. The summed E-state index contributed by atoms with van der Waals surface area (Å²) < 4.78 is 0. The van der Waals surface area contributed by atoms with Crippen molar-refractivity contribution in [2.75, 3.05) is 0 Å². The van der Waals surface area contributed by atoms with E-state index in [-0.39, 0.29) is 0 Å². The van der Waals surface area contributed by atoms with Crippen LogP contribution in [0.15, 0.2) is 18.5 Å². The second-order valence-corrected chi connectivity index (χ2v) is 4.43. The van der Waals surface area contributed by atoms with Gasteiger partial charge in [-0.2, -0.15) is 0 Å². The highest BCUT2D eigenvalue weighted by Gasteiger charge is 2.09. The largest absolute Gasteiger partial charge is 0.310 e. The van der Waals surface area contributed by atoms with E-state index in [0.29, 0.717) is 12.0 Å². The minimum atomic E-state index is 0.513. The van der Waals surface area contributed by atoms with Crippen molar-refractivity contribution in [2.45, 2.75) is 39.8 Å². The fourth-order valence-corrected chi connectivity index (χ4v) is 1.56. The molecule has 2 nitrogen and oxygen atoms in total. The van der Waals surface area contributed by atoms with Gasteiger partial charge in [-0.15, -0.1) is 0 Å². The average molecular weight is 227 g/mol. The molecule has 1 rings (SSSR count). The molecule has 0 fully saturated rings. The first kappa shape index (κ1) is 12.5. The number of hydrogen-bond acceptors (Lipinski definition) is 2. The van der Waals surface area contributed by atoms with Crippen molar-refractivity contribution in [1.29, 1.82) is 0 Å². The summed E-state index contributed by atoms with van der Waals surface area (Å²) >= 11 is 6.02. The fraction of sp³-hybridized carbons (Fsp3) is 0.583. The summed E-state index contributed by atoms with van der Waals surface area (Å²) in [5, 5.41) is 4.22. The van der Waals surface area contributed by atoms with Crippen LogP contribution in [0.1, 0.15) is 32.8 Å². The van der Waals surface area contributed by atoms with Crippen molar-refractivity contribution in [2.24, 2.45) is 5.92 Å². The molecule has 0 spiro atoms. The van der Waals surface area contributed by atoms with Crippen LogP contribution >= 0.6 is 11.6 Å². The Morgan fingerprint density at radius 2 is 2.20 bits per heavy atom. The molecule has 3 heteroatoms. The molecule has 0 radical (unpaired) electrons. The first-order valence-electron chi connectivity index (χ1n) is 5.47. The lowest BCUT2D eigenvalue weighted by atomic mass is 10.0. The average Bonchev–Trinajstić information content (AvgIpc) is 2.26. The van der Waals surface area contributed by atoms with Gasteiger partial charge in [0.05, 0.1) is 5.02 Å². The summed E-state index contributed by atoms with van der Waals surface area (Å²) in [7, 11) is 0. The van der Waals surface area contributed by atoms with Crippen LogP contribution in [0, 0.1) is 5.92 Å². The smallest absolute Gasteiger partial charge is 0.0634 e. The Morgan fingerprint density at radius 1 is 1.47 bits per heavy atom. The summed E-state index contributed by atoms with van der Waals surface area (Å²) in [5.41, 5.74) is 1.11. The molecular weight excluding hydrogens is 208 g/mol. The molecule has 0 bridgehead atoms. The molecule has 0 aliphatic rings. The number of nitrogens with one attached hydrogen (secondary N) is 1. The van der Waals surface area contributed by atoms with Crippen LogP contribution in [0.5, 0.6) is 0 Å². The molecular formula is C12H19ClN2. The van der Waals surface area contributed by atoms with E-state index < -0.39 is 0 Å². The van der Waals surface area contributed by atoms with E-state index in [4.69, 9.17) is 11.6 Å². The molecule has 0 saturated carbocycles. The third-order valence-corrected chi connectivity index (χ3v) is 3.31. The normalized spacial score (nSPS) is 14.9. The molecule has 84 valence electrons. The van der Waals surface area contributed by atoms with E-state index in [1.807, 2.05) is 6.07 Å². The molecule has 1 aromatic heterocycles. The lowest BCUT2D eigenvalue weighted by Gasteiger charge is -2.20. The Bertz CT molecular complexity index is 301. The molecule has 0 aliphatic heterocycles. The maximum absolute atomic E-state index is 6.02. The molecule has 2 atom stereocenters. The van der Waals surface area contributed by atoms with E-state index >= 15 is 0 Å². The van der Waals surface area contributed by atoms with Gasteiger partial charge < -0.3 is 5.32 Å². The standard InChI is InChI=1S/C12H19ClN2/c1-4-9(2)10(3)15-7-11-5-6-14-8-12(11)13/h5-6,8-10,15H,4,7H2,1-3H3. The molecule has 0 saturated heterocycles. The fourth-order valence-electron chi connectivity index (χ4n) is 1.37. The Hall–Kier alpha value is -0.600. The third-order valence-electron chi connectivity index (χ3n) is 2.97. The van der Waals surface area contributed by atoms with Gasteiger partial charge in [-0.05, 0) is 24.5 Å². The van der Waals surface area contributed by atoms with E-state index in [1.54, 1.807) is 12.4 Å². The quantitative estimate of drug-likeness (QED) is 0.834. The van der Waals surface area contributed by atoms with Crippen LogP contribution in [0.25, 0.3) is 0 Å². The van der Waals surface area contributed by atoms with E-state index in [0.717, 1.165) is 17.1 Å². The lowest BCUT2D eigenvalue weighted by Crippen LogP contribution is -2.31. The predicted octanol–water partition coefficient (Wildman–Crippen LogP) is 3.26. The van der Waals surface area contributed by atoms with Crippen molar-refractivity contribution in [3.63, 3.8) is 0 Å². The third kappa shape index (κ3) is 3.80. The highest BCUT2D eigenvalue weighted by atomic mass is 35.5. The number of rotatable bonds is 5. The first-order chi connectivity index (χ1) is 7.15. The maximum atomic E-state index is 6.02. The van der Waals surface area contributed by atoms with Crippen LogP contribution < -0.4 is 5.32 Å². The minimum absolute atomic E-state index is 0.513. The molecule has 0 aromatic carbocycles. The van der Waals surface area contributed by atoms with E-state index in [9.17, 15) is 0 Å². The lowest BCUT2D eigenvalue weighted by molar-refractivity contribution is 0.389. The van der Waals surface area contributed by atoms with Crippen LogP contribution in [-0.2, 0) is 6.54 Å². The minimum Gasteiger partial charge on any atom is -0.310 e. The van der Waals surface area contributed by atoms with Crippen molar-refractivity contribution in [1.82, 2.24) is 10.3 Å². The summed E-state index contributed by atoms with van der Waals surface area (Å²) in [6.45, 7) is 7.49. The monoisotopic (exact) mass is 226 g/mol. The zero-order valence-corrected chi connectivity index (χ0v) is 10.4. The molecule has 15 heavy (non-hydrogen) atoms. The maximum Gasteiger partial charge on any atom is 0.0634 e. The van der Waals surface area contributed by atoms with Crippen LogP contribution in [0.4, 0.5) is 0 Å². The van der Waals surface area contributed by atoms with E-state index in [2.05, 4.69) is 31.1 Å². The van der Waals surface area contributed by atoms with Gasteiger partial charge in [0.2, 0.25) is 0 Å². The zero-order chi connectivity index (χ0) is 11.3. The Balaban J connectivity index is 2.47. The summed E-state index contributed by atoms with van der Waals surface area (Å²) in [4.78, 5) is 3.96. The summed E-state index contributed by atoms with van der Waals surface area (Å²) in [6.07, 6.45) is 4.65. The summed E-state index contributed by atoms with van der Waals surface area (Å²) in [5.74, 6) is 0.686. The highest BCUT2D eigenvalue weighted by Crippen LogP contribution is 2.14. The van der Waals surface area contributed by atoms with Gasteiger partial charge >= 0.3 is 0 Å². The zero-order valence-electron chi connectivity index (χ0n) is 9.63. The van der Waals surface area contributed by atoms with E-state index in [1.165, 1.54) is 6.42 Å². The molecule has 1 aromatic rings. The SMILES string of the molecule is CCC(C)C(C)NCc1ccncc1Cl. The van der Waals surface area contributed by atoms with Gasteiger partial charge in [-0.1, -0.05) is 31.9 Å². The first-order valence-corrected chi connectivity index (χ1v) is 5.84. The van der Waals surface area contributed by atoms with Crippen molar-refractivity contribution in [3.05, 3.63) is 29.0 Å². The van der Waals surface area contributed by atoms with Gasteiger partial charge in [0.25, 0.3) is 0 Å². The highest BCUT2D eigenvalue weighted by molar-refractivity contribution is 6.31. The molecule has 2 unspecified atom stereocenters. The predicted molar refractivity (Wildman–Crippen MR) is 65.0 cm³/mol. The van der Waals surface area contributed by atoms with Crippen LogP contribution in [0.3, 0.4) is 0 Å².